The van der Waals surface area contributed by atoms with Crippen LogP contribution in [0.2, 0.25) is 0 Å². The third kappa shape index (κ3) is 4.90. The molecule has 7 nitrogen and oxygen atoms in total. The van der Waals surface area contributed by atoms with Crippen LogP contribution in [-0.4, -0.2) is 26.4 Å². The van der Waals surface area contributed by atoms with Crippen LogP contribution in [0.3, 0.4) is 0 Å². The van der Waals surface area contributed by atoms with Crippen molar-refractivity contribution in [2.45, 2.75) is 30.9 Å². The monoisotopic (exact) mass is 376 g/mol. The summed E-state index contributed by atoms with van der Waals surface area (Å²) in [6, 6.07) is 14.0. The number of esters is 1. The number of hydrogen-bond acceptors (Lipinski definition) is 5. The van der Waals surface area contributed by atoms with Crippen LogP contribution in [0.15, 0.2) is 59.5 Å². The molecule has 0 bridgehead atoms. The third-order valence-electron chi connectivity index (χ3n) is 3.70. The Morgan fingerprint density at radius 2 is 1.69 bits per heavy atom. The van der Waals surface area contributed by atoms with E-state index in [1.54, 1.807) is 6.92 Å². The lowest BCUT2D eigenvalue weighted by molar-refractivity contribution is -0.125. The molecule has 0 unspecified atom stereocenters. The highest BCUT2D eigenvalue weighted by Crippen LogP contribution is 2.18. The first-order valence-electron chi connectivity index (χ1n) is 7.88. The molecule has 0 spiro atoms. The van der Waals surface area contributed by atoms with Crippen LogP contribution in [0, 0.1) is 0 Å². The van der Waals surface area contributed by atoms with Crippen LogP contribution < -0.4 is 10.5 Å². The second-order valence-electron chi connectivity index (χ2n) is 5.73. The standard InChI is InChI=1S/C18H20N2O5S/c1-12(14-7-4-3-5-8-14)20-26(23,24)16-10-6-9-15(11-16)18(22)25-13(2)17(19)21/h3-13,20H,1-2H3,(H2,19,21)/t12-,13+/m0/s1. The maximum Gasteiger partial charge on any atom is 0.338 e. The molecule has 2 rings (SSSR count). The van der Waals surface area contributed by atoms with E-state index in [9.17, 15) is 18.0 Å². The van der Waals surface area contributed by atoms with Crippen molar-refractivity contribution in [3.8, 4) is 0 Å². The molecule has 0 saturated carbocycles. The van der Waals surface area contributed by atoms with Crippen molar-refractivity contribution >= 4 is 21.9 Å². The van der Waals surface area contributed by atoms with Crippen molar-refractivity contribution in [3.05, 3.63) is 65.7 Å². The highest BCUT2D eigenvalue weighted by atomic mass is 32.2. The molecular formula is C18H20N2O5S. The fourth-order valence-electron chi connectivity index (χ4n) is 2.19. The minimum absolute atomic E-state index is 0.00772. The average Bonchev–Trinajstić information content (AvgIpc) is 2.62. The van der Waals surface area contributed by atoms with Crippen LogP contribution in [0.1, 0.15) is 35.8 Å². The first kappa shape index (κ1) is 19.6. The molecule has 2 aromatic rings. The van der Waals surface area contributed by atoms with E-state index in [-0.39, 0.29) is 10.5 Å². The Balaban J connectivity index is 2.20. The van der Waals surface area contributed by atoms with Gasteiger partial charge in [-0.2, -0.15) is 0 Å². The minimum atomic E-state index is -3.86. The van der Waals surface area contributed by atoms with E-state index in [0.29, 0.717) is 0 Å². The molecule has 138 valence electrons. The molecule has 8 heteroatoms. The Morgan fingerprint density at radius 3 is 2.31 bits per heavy atom. The molecule has 0 aliphatic carbocycles. The summed E-state index contributed by atoms with van der Waals surface area (Å²) in [5, 5.41) is 0. The Labute approximate surface area is 152 Å². The van der Waals surface area contributed by atoms with Gasteiger partial charge in [-0.05, 0) is 37.6 Å². The van der Waals surface area contributed by atoms with Crippen molar-refractivity contribution in [2.75, 3.05) is 0 Å². The lowest BCUT2D eigenvalue weighted by Crippen LogP contribution is -2.30. The van der Waals surface area contributed by atoms with E-state index in [2.05, 4.69) is 4.72 Å². The fraction of sp³-hybridized carbons (Fsp3) is 0.222. The van der Waals surface area contributed by atoms with Crippen molar-refractivity contribution in [1.82, 2.24) is 4.72 Å². The number of nitrogens with two attached hydrogens (primary N) is 1. The van der Waals surface area contributed by atoms with Gasteiger partial charge >= 0.3 is 5.97 Å². The number of ether oxygens (including phenoxy) is 1. The van der Waals surface area contributed by atoms with Gasteiger partial charge in [0.25, 0.3) is 5.91 Å². The fourth-order valence-corrected chi connectivity index (χ4v) is 3.46. The lowest BCUT2D eigenvalue weighted by atomic mass is 10.1. The molecule has 1 amide bonds. The van der Waals surface area contributed by atoms with Crippen molar-refractivity contribution < 1.29 is 22.7 Å². The second-order valence-corrected chi connectivity index (χ2v) is 7.45. The summed E-state index contributed by atoms with van der Waals surface area (Å²) in [5.41, 5.74) is 5.86. The van der Waals surface area contributed by atoms with Crippen LogP contribution >= 0.6 is 0 Å². The number of nitrogens with one attached hydrogen (secondary N) is 1. The number of primary amides is 1. The largest absolute Gasteiger partial charge is 0.449 e. The summed E-state index contributed by atoms with van der Waals surface area (Å²) >= 11 is 0. The van der Waals surface area contributed by atoms with E-state index < -0.39 is 34.0 Å². The number of carbonyl (C=O) groups is 2. The molecule has 0 aromatic heterocycles. The zero-order valence-electron chi connectivity index (χ0n) is 14.4. The SMILES string of the molecule is C[C@H](NS(=O)(=O)c1cccc(C(=O)O[C@H](C)C(N)=O)c1)c1ccccc1. The van der Waals surface area contributed by atoms with Crippen LogP contribution in [0.25, 0.3) is 0 Å². The summed E-state index contributed by atoms with van der Waals surface area (Å²) in [6.07, 6.45) is -1.11. The minimum Gasteiger partial charge on any atom is -0.449 e. The van der Waals surface area contributed by atoms with Crippen LogP contribution in [0.4, 0.5) is 0 Å². The molecule has 0 aliphatic heterocycles. The maximum absolute atomic E-state index is 12.6. The quantitative estimate of drug-likeness (QED) is 0.714. The number of amides is 1. The van der Waals surface area contributed by atoms with Gasteiger partial charge < -0.3 is 10.5 Å². The van der Waals surface area contributed by atoms with E-state index >= 15 is 0 Å². The van der Waals surface area contributed by atoms with Gasteiger partial charge in [0.15, 0.2) is 6.10 Å². The molecule has 2 atom stereocenters. The molecule has 0 heterocycles. The van der Waals surface area contributed by atoms with Gasteiger partial charge in [-0.15, -0.1) is 0 Å². The average molecular weight is 376 g/mol. The van der Waals surface area contributed by atoms with Gasteiger partial charge in [-0.1, -0.05) is 36.4 Å². The molecule has 0 radical (unpaired) electrons. The number of carbonyl (C=O) groups excluding carboxylic acids is 2. The van der Waals surface area contributed by atoms with Gasteiger partial charge in [0.1, 0.15) is 0 Å². The topological polar surface area (TPSA) is 116 Å². The Bertz CT molecular complexity index is 897. The summed E-state index contributed by atoms with van der Waals surface area (Å²) in [6.45, 7) is 3.06. The van der Waals surface area contributed by atoms with Gasteiger partial charge in [0, 0.05) is 6.04 Å². The highest BCUT2D eigenvalue weighted by molar-refractivity contribution is 7.89. The first-order chi connectivity index (χ1) is 12.2. The van der Waals surface area contributed by atoms with E-state index in [1.165, 1.54) is 31.2 Å². The molecule has 3 N–H and O–H groups in total. The van der Waals surface area contributed by atoms with E-state index in [0.717, 1.165) is 5.56 Å². The normalized spacial score (nSPS) is 13.6. The predicted molar refractivity (Wildman–Crippen MR) is 95.7 cm³/mol. The van der Waals surface area contributed by atoms with Gasteiger partial charge in [0.2, 0.25) is 10.0 Å². The maximum atomic E-state index is 12.6. The van der Waals surface area contributed by atoms with Crippen molar-refractivity contribution in [1.29, 1.82) is 0 Å². The van der Waals surface area contributed by atoms with E-state index in [1.807, 2.05) is 30.3 Å². The smallest absolute Gasteiger partial charge is 0.338 e. The number of rotatable bonds is 7. The molecule has 0 aliphatic rings. The second kappa shape index (κ2) is 8.11. The summed E-state index contributed by atoms with van der Waals surface area (Å²) in [5.74, 6) is -1.62. The van der Waals surface area contributed by atoms with Gasteiger partial charge in [0.05, 0.1) is 10.5 Å². The van der Waals surface area contributed by atoms with Crippen LogP contribution in [0.5, 0.6) is 0 Å². The first-order valence-corrected chi connectivity index (χ1v) is 9.36. The summed E-state index contributed by atoms with van der Waals surface area (Å²) in [7, 11) is -3.86. The molecule has 26 heavy (non-hydrogen) atoms. The van der Waals surface area contributed by atoms with Gasteiger partial charge in [-0.25, -0.2) is 17.9 Å². The Kier molecular flexibility index (Phi) is 6.12. The number of benzene rings is 2. The molecule has 0 saturated heterocycles. The zero-order chi connectivity index (χ0) is 19.3. The van der Waals surface area contributed by atoms with Crippen LogP contribution in [-0.2, 0) is 19.6 Å². The van der Waals surface area contributed by atoms with Crippen molar-refractivity contribution in [3.63, 3.8) is 0 Å². The number of hydrogen-bond donors (Lipinski definition) is 2. The molecule has 2 aromatic carbocycles. The predicted octanol–water partition coefficient (Wildman–Crippen LogP) is 1.76. The summed E-state index contributed by atoms with van der Waals surface area (Å²) in [4.78, 5) is 22.9. The Hall–Kier alpha value is -2.71. The number of sulfonamides is 1. The highest BCUT2D eigenvalue weighted by Gasteiger charge is 2.21. The zero-order valence-corrected chi connectivity index (χ0v) is 15.2. The van der Waals surface area contributed by atoms with Gasteiger partial charge in [-0.3, -0.25) is 4.79 Å². The van der Waals surface area contributed by atoms with E-state index in [4.69, 9.17) is 10.5 Å². The lowest BCUT2D eigenvalue weighted by Gasteiger charge is -2.15. The molecular weight excluding hydrogens is 356 g/mol. The molecule has 0 fully saturated rings. The Morgan fingerprint density at radius 1 is 1.04 bits per heavy atom. The summed E-state index contributed by atoms with van der Waals surface area (Å²) < 4.78 is 32.6. The third-order valence-corrected chi connectivity index (χ3v) is 5.23. The van der Waals surface area contributed by atoms with Crippen molar-refractivity contribution in [2.24, 2.45) is 5.73 Å².